The van der Waals surface area contributed by atoms with Gasteiger partial charge in [-0.25, -0.2) is 4.52 Å². The van der Waals surface area contributed by atoms with E-state index in [2.05, 4.69) is 12.0 Å². The van der Waals surface area contributed by atoms with Crippen molar-refractivity contribution in [3.8, 4) is 0 Å². The van der Waals surface area contributed by atoms with Crippen LogP contribution in [0.15, 0.2) is 18.2 Å². The molecular formula is C12H14N2O. The number of rotatable bonds is 2. The van der Waals surface area contributed by atoms with Crippen molar-refractivity contribution in [2.75, 3.05) is 0 Å². The first kappa shape index (κ1) is 9.90. The Morgan fingerprint density at radius 3 is 2.80 bits per heavy atom. The molecule has 2 rings (SSSR count). The number of pyridine rings is 1. The average Bonchev–Trinajstić information content (AvgIpc) is 2.62. The van der Waals surface area contributed by atoms with Gasteiger partial charge >= 0.3 is 0 Å². The van der Waals surface area contributed by atoms with Gasteiger partial charge in [0.2, 0.25) is 0 Å². The monoisotopic (exact) mass is 202 g/mol. The summed E-state index contributed by atoms with van der Waals surface area (Å²) in [5.74, 6) is 0.0857. The highest BCUT2D eigenvalue weighted by Gasteiger charge is 2.09. The fourth-order valence-corrected chi connectivity index (χ4v) is 1.72. The second-order valence-electron chi connectivity index (χ2n) is 3.73. The first-order valence-electron chi connectivity index (χ1n) is 5.12. The highest BCUT2D eigenvalue weighted by Crippen LogP contribution is 2.16. The zero-order valence-electron chi connectivity index (χ0n) is 9.24. The summed E-state index contributed by atoms with van der Waals surface area (Å²) in [6.45, 7) is 5.64. The maximum Gasteiger partial charge on any atom is 0.161 e. The minimum atomic E-state index is 0.0857. The molecule has 0 unspecified atom stereocenters. The van der Waals surface area contributed by atoms with Gasteiger partial charge in [-0.3, -0.25) is 4.79 Å². The van der Waals surface area contributed by atoms with Crippen LogP contribution in [0.1, 0.15) is 35.6 Å². The predicted octanol–water partition coefficient (Wildman–Crippen LogP) is 2.41. The van der Waals surface area contributed by atoms with Crippen LogP contribution >= 0.6 is 0 Å². The van der Waals surface area contributed by atoms with Crippen molar-refractivity contribution in [3.63, 3.8) is 0 Å². The van der Waals surface area contributed by atoms with Crippen LogP contribution in [-0.4, -0.2) is 15.4 Å². The SMILES string of the molecule is CCc1cc2c(C(C)=O)ccc(C)n2n1. The van der Waals surface area contributed by atoms with Crippen molar-refractivity contribution in [1.29, 1.82) is 0 Å². The maximum atomic E-state index is 11.4. The van der Waals surface area contributed by atoms with Crippen LogP contribution in [0, 0.1) is 6.92 Å². The van der Waals surface area contributed by atoms with Crippen LogP contribution in [0.25, 0.3) is 5.52 Å². The first-order valence-corrected chi connectivity index (χ1v) is 5.12. The number of aromatic nitrogens is 2. The number of carbonyl (C=O) groups is 1. The normalized spacial score (nSPS) is 10.9. The molecule has 0 aliphatic rings. The summed E-state index contributed by atoms with van der Waals surface area (Å²) in [5, 5.41) is 4.44. The van der Waals surface area contributed by atoms with Crippen molar-refractivity contribution < 1.29 is 4.79 Å². The van der Waals surface area contributed by atoms with Gasteiger partial charge in [-0.1, -0.05) is 6.92 Å². The molecule has 0 spiro atoms. The Morgan fingerprint density at radius 1 is 1.47 bits per heavy atom. The minimum Gasteiger partial charge on any atom is -0.294 e. The fraction of sp³-hybridized carbons (Fsp3) is 0.333. The summed E-state index contributed by atoms with van der Waals surface area (Å²) in [7, 11) is 0. The summed E-state index contributed by atoms with van der Waals surface area (Å²) in [5.41, 5.74) is 3.73. The van der Waals surface area contributed by atoms with E-state index < -0.39 is 0 Å². The molecule has 2 heterocycles. The van der Waals surface area contributed by atoms with Crippen LogP contribution < -0.4 is 0 Å². The van der Waals surface area contributed by atoms with Gasteiger partial charge in [0.05, 0.1) is 11.2 Å². The molecule has 0 radical (unpaired) electrons. The van der Waals surface area contributed by atoms with Gasteiger partial charge in [0, 0.05) is 11.3 Å². The number of hydrogen-bond donors (Lipinski definition) is 0. The molecule has 0 aliphatic carbocycles. The molecule has 0 fully saturated rings. The van der Waals surface area contributed by atoms with Crippen LogP contribution in [-0.2, 0) is 6.42 Å². The van der Waals surface area contributed by atoms with Crippen molar-refractivity contribution in [2.24, 2.45) is 0 Å². The summed E-state index contributed by atoms with van der Waals surface area (Å²) in [4.78, 5) is 11.4. The Kier molecular flexibility index (Phi) is 2.31. The number of nitrogens with zero attached hydrogens (tertiary/aromatic N) is 2. The quantitative estimate of drug-likeness (QED) is 0.701. The smallest absolute Gasteiger partial charge is 0.161 e. The zero-order valence-corrected chi connectivity index (χ0v) is 9.24. The van der Waals surface area contributed by atoms with Gasteiger partial charge in [0.1, 0.15) is 0 Å². The Morgan fingerprint density at radius 2 is 2.20 bits per heavy atom. The molecular weight excluding hydrogens is 188 g/mol. The molecule has 0 bridgehead atoms. The lowest BCUT2D eigenvalue weighted by atomic mass is 10.1. The van der Waals surface area contributed by atoms with Gasteiger partial charge in [0.25, 0.3) is 0 Å². The molecule has 0 saturated carbocycles. The maximum absolute atomic E-state index is 11.4. The Hall–Kier alpha value is -1.64. The van der Waals surface area contributed by atoms with Crippen LogP contribution in [0.2, 0.25) is 0 Å². The molecule has 0 aliphatic heterocycles. The van der Waals surface area contributed by atoms with Crippen molar-refractivity contribution in [3.05, 3.63) is 35.2 Å². The largest absolute Gasteiger partial charge is 0.294 e. The lowest BCUT2D eigenvalue weighted by Crippen LogP contribution is -2.00. The van der Waals surface area contributed by atoms with Gasteiger partial charge < -0.3 is 0 Å². The van der Waals surface area contributed by atoms with Gasteiger partial charge in [-0.15, -0.1) is 0 Å². The minimum absolute atomic E-state index is 0.0857. The number of ketones is 1. The van der Waals surface area contributed by atoms with E-state index in [0.29, 0.717) is 0 Å². The van der Waals surface area contributed by atoms with E-state index in [0.717, 1.165) is 28.9 Å². The van der Waals surface area contributed by atoms with Crippen LogP contribution in [0.4, 0.5) is 0 Å². The van der Waals surface area contributed by atoms with E-state index >= 15 is 0 Å². The Balaban J connectivity index is 2.80. The number of hydrogen-bond acceptors (Lipinski definition) is 2. The Labute approximate surface area is 88.7 Å². The van der Waals surface area contributed by atoms with Crippen molar-refractivity contribution >= 4 is 11.3 Å². The van der Waals surface area contributed by atoms with E-state index in [1.165, 1.54) is 0 Å². The predicted molar refractivity (Wildman–Crippen MR) is 59.3 cm³/mol. The van der Waals surface area contributed by atoms with Crippen molar-refractivity contribution in [2.45, 2.75) is 27.2 Å². The molecule has 0 N–H and O–H groups in total. The third-order valence-corrected chi connectivity index (χ3v) is 2.60. The molecule has 3 heteroatoms. The highest BCUT2D eigenvalue weighted by atomic mass is 16.1. The molecule has 15 heavy (non-hydrogen) atoms. The molecule has 0 amide bonds. The fourth-order valence-electron chi connectivity index (χ4n) is 1.72. The molecule has 2 aromatic heterocycles. The van der Waals surface area contributed by atoms with Gasteiger partial charge in [0.15, 0.2) is 5.78 Å². The zero-order chi connectivity index (χ0) is 11.0. The first-order chi connectivity index (χ1) is 7.13. The summed E-state index contributed by atoms with van der Waals surface area (Å²) < 4.78 is 1.84. The topological polar surface area (TPSA) is 34.4 Å². The van der Waals surface area contributed by atoms with Gasteiger partial charge in [-0.2, -0.15) is 5.10 Å². The summed E-state index contributed by atoms with van der Waals surface area (Å²) >= 11 is 0. The molecule has 0 aromatic carbocycles. The summed E-state index contributed by atoms with van der Waals surface area (Å²) in [6.07, 6.45) is 0.887. The third kappa shape index (κ3) is 1.54. The second kappa shape index (κ2) is 3.50. The lowest BCUT2D eigenvalue weighted by molar-refractivity contribution is 0.101. The molecule has 0 saturated heterocycles. The van der Waals surface area contributed by atoms with Crippen LogP contribution in [0.5, 0.6) is 0 Å². The van der Waals surface area contributed by atoms with E-state index in [-0.39, 0.29) is 5.78 Å². The van der Waals surface area contributed by atoms with E-state index in [9.17, 15) is 4.79 Å². The van der Waals surface area contributed by atoms with E-state index in [1.807, 2.05) is 29.6 Å². The number of fused-ring (bicyclic) bond motifs is 1. The average molecular weight is 202 g/mol. The summed E-state index contributed by atoms with van der Waals surface area (Å²) in [6, 6.07) is 5.79. The number of aryl methyl sites for hydroxylation is 2. The lowest BCUT2D eigenvalue weighted by Gasteiger charge is -2.02. The Bertz CT molecular complexity index is 526. The number of Topliss-reactive ketones (excluding diaryl/α,β-unsaturated/α-hetero) is 1. The van der Waals surface area contributed by atoms with E-state index in [4.69, 9.17) is 0 Å². The molecule has 78 valence electrons. The molecule has 2 aromatic rings. The van der Waals surface area contributed by atoms with Crippen LogP contribution in [0.3, 0.4) is 0 Å². The molecule has 3 nitrogen and oxygen atoms in total. The number of carbonyl (C=O) groups excluding carboxylic acids is 1. The van der Waals surface area contributed by atoms with E-state index in [1.54, 1.807) is 6.92 Å². The standard InChI is InChI=1S/C12H14N2O/c1-4-10-7-12-11(9(3)15)6-5-8(2)14(12)13-10/h5-7H,4H2,1-3H3. The van der Waals surface area contributed by atoms with Crippen molar-refractivity contribution in [1.82, 2.24) is 9.61 Å². The highest BCUT2D eigenvalue weighted by molar-refractivity contribution is 6.00. The second-order valence-corrected chi connectivity index (χ2v) is 3.73. The molecule has 0 atom stereocenters. The van der Waals surface area contributed by atoms with Gasteiger partial charge in [-0.05, 0) is 38.5 Å². The third-order valence-electron chi connectivity index (χ3n) is 2.60.